The van der Waals surface area contributed by atoms with Crippen LogP contribution in [0.4, 0.5) is 0 Å². The van der Waals surface area contributed by atoms with Crippen molar-refractivity contribution < 1.29 is 9.84 Å². The van der Waals surface area contributed by atoms with E-state index in [4.69, 9.17) is 4.74 Å². The third kappa shape index (κ3) is 2.58. The minimum absolute atomic E-state index is 0.225. The molecule has 5 rings (SSSR count). The number of benzene rings is 1. The predicted octanol–water partition coefficient (Wildman–Crippen LogP) is 3.40. The number of piperidine rings is 3. The van der Waals surface area contributed by atoms with Crippen LogP contribution >= 0.6 is 0 Å². The number of rotatable bonds is 4. The van der Waals surface area contributed by atoms with E-state index in [1.807, 2.05) is 24.3 Å². The predicted molar refractivity (Wildman–Crippen MR) is 95.1 cm³/mol. The number of ether oxygens (including phenoxy) is 1. The molecule has 5 atom stereocenters. The summed E-state index contributed by atoms with van der Waals surface area (Å²) in [6.45, 7) is 4.55. The van der Waals surface area contributed by atoms with Gasteiger partial charge < -0.3 is 9.84 Å². The fourth-order valence-electron chi connectivity index (χ4n) is 4.71. The topological polar surface area (TPSA) is 45.6 Å². The number of methoxy groups -OCH3 is 1. The molecule has 0 aliphatic carbocycles. The van der Waals surface area contributed by atoms with Gasteiger partial charge in [-0.3, -0.25) is 9.88 Å². The molecule has 2 aromatic rings. The third-order valence-corrected chi connectivity index (χ3v) is 6.13. The summed E-state index contributed by atoms with van der Waals surface area (Å²) in [6, 6.07) is 8.07. The van der Waals surface area contributed by atoms with Gasteiger partial charge in [-0.15, -0.1) is 0 Å². The number of hydrogen-bond acceptors (Lipinski definition) is 4. The highest BCUT2D eigenvalue weighted by molar-refractivity contribution is 5.83. The molecule has 1 aromatic carbocycles. The van der Waals surface area contributed by atoms with Crippen LogP contribution in [0.5, 0.6) is 5.75 Å². The number of aliphatic hydroxyl groups excluding tert-OH is 1. The second-order valence-corrected chi connectivity index (χ2v) is 7.24. The number of fused-ring (bicyclic) bond motifs is 4. The van der Waals surface area contributed by atoms with Crippen molar-refractivity contribution in [3.8, 4) is 5.75 Å². The normalized spacial score (nSPS) is 30.5. The Labute approximate surface area is 143 Å². The summed E-state index contributed by atoms with van der Waals surface area (Å²) in [7, 11) is 1.67. The van der Waals surface area contributed by atoms with Gasteiger partial charge in [0.25, 0.3) is 0 Å². The van der Waals surface area contributed by atoms with Gasteiger partial charge in [-0.25, -0.2) is 0 Å². The monoisotopic (exact) mass is 326 g/mol. The van der Waals surface area contributed by atoms with E-state index in [-0.39, 0.29) is 6.04 Å². The summed E-state index contributed by atoms with van der Waals surface area (Å²) in [4.78, 5) is 6.94. The minimum atomic E-state index is -0.469. The Morgan fingerprint density at radius 2 is 2.25 bits per heavy atom. The molecule has 0 spiro atoms. The summed E-state index contributed by atoms with van der Waals surface area (Å²) in [6.07, 6.45) is 4.97. The Balaban J connectivity index is 1.68. The Bertz CT molecular complexity index is 733. The summed E-state index contributed by atoms with van der Waals surface area (Å²) in [5.41, 5.74) is 1.89. The van der Waals surface area contributed by atoms with Gasteiger partial charge in [0.2, 0.25) is 0 Å². The molecule has 3 aliphatic heterocycles. The molecule has 4 heterocycles. The first kappa shape index (κ1) is 15.9. The Hall–Kier alpha value is -1.65. The first-order valence-corrected chi connectivity index (χ1v) is 9.06. The van der Waals surface area contributed by atoms with Crippen LogP contribution in [0.1, 0.15) is 37.9 Å². The summed E-state index contributed by atoms with van der Waals surface area (Å²) in [5.74, 6) is 2.37. The highest BCUT2D eigenvalue weighted by Crippen LogP contribution is 2.42. The van der Waals surface area contributed by atoms with E-state index in [2.05, 4.69) is 16.8 Å². The zero-order chi connectivity index (χ0) is 16.7. The van der Waals surface area contributed by atoms with E-state index in [0.29, 0.717) is 0 Å². The largest absolute Gasteiger partial charge is 0.497 e. The van der Waals surface area contributed by atoms with Gasteiger partial charge in [-0.1, -0.05) is 13.3 Å². The molecule has 3 saturated heterocycles. The van der Waals surface area contributed by atoms with Crippen LogP contribution in [-0.2, 0) is 0 Å². The average Bonchev–Trinajstić information content (AvgIpc) is 2.66. The van der Waals surface area contributed by atoms with E-state index in [1.54, 1.807) is 13.3 Å². The molecular formula is C20H26N2O2. The molecule has 128 valence electrons. The lowest BCUT2D eigenvalue weighted by Crippen LogP contribution is -2.55. The fourth-order valence-corrected chi connectivity index (χ4v) is 4.71. The number of hydrogen-bond donors (Lipinski definition) is 1. The van der Waals surface area contributed by atoms with Crippen LogP contribution in [-0.4, -0.2) is 41.2 Å². The van der Waals surface area contributed by atoms with Gasteiger partial charge in [0.1, 0.15) is 5.75 Å². The zero-order valence-electron chi connectivity index (χ0n) is 14.5. The quantitative estimate of drug-likeness (QED) is 0.935. The van der Waals surface area contributed by atoms with Crippen LogP contribution in [0.3, 0.4) is 0 Å². The molecule has 1 N–H and O–H groups in total. The van der Waals surface area contributed by atoms with Crippen LogP contribution in [0, 0.1) is 11.8 Å². The van der Waals surface area contributed by atoms with Crippen LogP contribution in [0.2, 0.25) is 0 Å². The van der Waals surface area contributed by atoms with Gasteiger partial charge in [0.05, 0.1) is 18.7 Å². The summed E-state index contributed by atoms with van der Waals surface area (Å²) in [5, 5.41) is 12.2. The maximum atomic E-state index is 11.2. The van der Waals surface area contributed by atoms with Crippen LogP contribution in [0.15, 0.2) is 30.5 Å². The average molecular weight is 326 g/mol. The molecule has 3 aliphatic rings. The zero-order valence-corrected chi connectivity index (χ0v) is 14.5. The van der Waals surface area contributed by atoms with Crippen LogP contribution in [0.25, 0.3) is 10.9 Å². The van der Waals surface area contributed by atoms with Crippen LogP contribution < -0.4 is 4.74 Å². The molecule has 4 nitrogen and oxygen atoms in total. The van der Waals surface area contributed by atoms with E-state index < -0.39 is 6.10 Å². The summed E-state index contributed by atoms with van der Waals surface area (Å²) >= 11 is 0. The van der Waals surface area contributed by atoms with Crippen molar-refractivity contribution >= 4 is 10.9 Å². The Morgan fingerprint density at radius 3 is 2.96 bits per heavy atom. The smallest absolute Gasteiger partial charge is 0.119 e. The lowest BCUT2D eigenvalue weighted by molar-refractivity contribution is -0.0562. The molecule has 4 heteroatoms. The first-order chi connectivity index (χ1) is 11.7. The second-order valence-electron chi connectivity index (χ2n) is 7.24. The number of pyridine rings is 1. The Morgan fingerprint density at radius 1 is 1.38 bits per heavy atom. The van der Waals surface area contributed by atoms with E-state index in [0.717, 1.165) is 53.6 Å². The molecule has 2 unspecified atom stereocenters. The molecule has 2 bridgehead atoms. The third-order valence-electron chi connectivity index (χ3n) is 6.13. The van der Waals surface area contributed by atoms with Gasteiger partial charge in [-0.2, -0.15) is 0 Å². The molecule has 1 aromatic heterocycles. The Kier molecular flexibility index (Phi) is 4.19. The van der Waals surface area contributed by atoms with Crippen molar-refractivity contribution in [2.75, 3.05) is 20.2 Å². The molecule has 24 heavy (non-hydrogen) atoms. The van der Waals surface area contributed by atoms with Gasteiger partial charge in [0.15, 0.2) is 0 Å². The van der Waals surface area contributed by atoms with E-state index >= 15 is 0 Å². The van der Waals surface area contributed by atoms with Crippen molar-refractivity contribution in [2.24, 2.45) is 11.8 Å². The molecule has 0 saturated carbocycles. The maximum absolute atomic E-state index is 11.2. The van der Waals surface area contributed by atoms with Crippen molar-refractivity contribution in [3.63, 3.8) is 0 Å². The SMILES string of the molecule is CC[C@H]1CN2CC[C@H]1CC2[C@H](O)c1ccnc2ccc(OC)cc12. The first-order valence-electron chi connectivity index (χ1n) is 9.06. The minimum Gasteiger partial charge on any atom is -0.497 e. The highest BCUT2D eigenvalue weighted by atomic mass is 16.5. The van der Waals surface area contributed by atoms with Gasteiger partial charge in [0, 0.05) is 24.2 Å². The van der Waals surface area contributed by atoms with E-state index in [9.17, 15) is 5.11 Å². The number of nitrogens with zero attached hydrogens (tertiary/aromatic N) is 2. The lowest BCUT2D eigenvalue weighted by atomic mass is 9.72. The number of aliphatic hydroxyl groups is 1. The molecule has 0 amide bonds. The molecule has 3 fully saturated rings. The van der Waals surface area contributed by atoms with Gasteiger partial charge in [-0.05, 0) is 61.1 Å². The van der Waals surface area contributed by atoms with Crippen molar-refractivity contribution in [1.29, 1.82) is 0 Å². The van der Waals surface area contributed by atoms with Crippen molar-refractivity contribution in [3.05, 3.63) is 36.0 Å². The standard InChI is InChI=1S/C20H26N2O2/c1-3-13-12-22-9-7-14(13)10-19(22)20(23)16-6-8-21-18-5-4-15(24-2)11-17(16)18/h4-6,8,11,13-14,19-20,23H,3,7,9-10,12H2,1-2H3/t13-,14-,19?,20+/m0/s1. The van der Waals surface area contributed by atoms with E-state index in [1.165, 1.54) is 12.8 Å². The second kappa shape index (κ2) is 6.34. The highest BCUT2D eigenvalue weighted by Gasteiger charge is 2.42. The molecule has 0 radical (unpaired) electrons. The maximum Gasteiger partial charge on any atom is 0.119 e. The fraction of sp³-hybridized carbons (Fsp3) is 0.550. The number of aromatic nitrogens is 1. The summed E-state index contributed by atoms with van der Waals surface area (Å²) < 4.78 is 5.36. The van der Waals surface area contributed by atoms with Crippen molar-refractivity contribution in [2.45, 2.75) is 38.3 Å². The molecular weight excluding hydrogens is 300 g/mol. The lowest BCUT2D eigenvalue weighted by Gasteiger charge is -2.51. The van der Waals surface area contributed by atoms with Gasteiger partial charge >= 0.3 is 0 Å². The van der Waals surface area contributed by atoms with Crippen molar-refractivity contribution in [1.82, 2.24) is 9.88 Å².